The van der Waals surface area contributed by atoms with Gasteiger partial charge in [-0.25, -0.2) is 4.98 Å². The van der Waals surface area contributed by atoms with Crippen molar-refractivity contribution in [2.45, 2.75) is 39.8 Å². The highest BCUT2D eigenvalue weighted by Gasteiger charge is 2.22. The maximum Gasteiger partial charge on any atom is 0.237 e. The van der Waals surface area contributed by atoms with Gasteiger partial charge in [0.15, 0.2) is 0 Å². The first-order valence-corrected chi connectivity index (χ1v) is 8.30. The van der Waals surface area contributed by atoms with Gasteiger partial charge >= 0.3 is 0 Å². The Morgan fingerprint density at radius 3 is 2.45 bits per heavy atom. The third-order valence-electron chi connectivity index (χ3n) is 3.63. The normalized spacial score (nSPS) is 13.9. The molecule has 0 spiro atoms. The van der Waals surface area contributed by atoms with E-state index < -0.39 is 6.04 Å². The van der Waals surface area contributed by atoms with E-state index in [2.05, 4.69) is 10.3 Å². The fourth-order valence-corrected chi connectivity index (χ4v) is 3.27. The van der Waals surface area contributed by atoms with E-state index in [1.165, 1.54) is 0 Å². The topological polar surface area (TPSA) is 68.0 Å². The molecule has 0 radical (unpaired) electrons. The van der Waals surface area contributed by atoms with Crippen LogP contribution in [-0.4, -0.2) is 16.9 Å². The van der Waals surface area contributed by atoms with Gasteiger partial charge in [0, 0.05) is 5.56 Å². The molecule has 2 rings (SSSR count). The summed E-state index contributed by atoms with van der Waals surface area (Å²) in [6, 6.07) is 9.49. The number of amides is 1. The standard InChI is InChI=1S/C17H23N3OS/c1-10(2)14(18)16(21)19-11(3)15-12(4)20-17(22-15)13-8-6-5-7-9-13/h5-11,14H,18H2,1-4H3,(H,19,21)/t11?,14-/m0/s1. The molecule has 22 heavy (non-hydrogen) atoms. The Hall–Kier alpha value is -1.72. The van der Waals surface area contributed by atoms with Crippen molar-refractivity contribution < 1.29 is 4.79 Å². The molecule has 5 heteroatoms. The van der Waals surface area contributed by atoms with Crippen molar-refractivity contribution >= 4 is 17.2 Å². The van der Waals surface area contributed by atoms with E-state index in [1.807, 2.05) is 58.0 Å². The second kappa shape index (κ2) is 7.03. The van der Waals surface area contributed by atoms with Gasteiger partial charge < -0.3 is 11.1 Å². The van der Waals surface area contributed by atoms with Gasteiger partial charge in [-0.15, -0.1) is 11.3 Å². The number of nitrogens with one attached hydrogen (secondary N) is 1. The molecule has 1 aromatic heterocycles. The molecule has 2 aromatic rings. The zero-order valence-electron chi connectivity index (χ0n) is 13.5. The Kier molecular flexibility index (Phi) is 5.32. The third kappa shape index (κ3) is 3.72. The Morgan fingerprint density at radius 2 is 1.86 bits per heavy atom. The lowest BCUT2D eigenvalue weighted by Crippen LogP contribution is -2.44. The summed E-state index contributed by atoms with van der Waals surface area (Å²) < 4.78 is 0. The summed E-state index contributed by atoms with van der Waals surface area (Å²) in [6.07, 6.45) is 0. The number of hydrogen-bond acceptors (Lipinski definition) is 4. The van der Waals surface area contributed by atoms with Crippen LogP contribution in [0, 0.1) is 12.8 Å². The second-order valence-corrected chi connectivity index (χ2v) is 6.87. The van der Waals surface area contributed by atoms with Crippen molar-refractivity contribution in [2.24, 2.45) is 11.7 Å². The van der Waals surface area contributed by atoms with Crippen LogP contribution in [0.1, 0.15) is 37.4 Å². The van der Waals surface area contributed by atoms with E-state index in [0.717, 1.165) is 21.1 Å². The number of thiazole rings is 1. The van der Waals surface area contributed by atoms with Crippen LogP contribution in [0.25, 0.3) is 10.6 Å². The fourth-order valence-electron chi connectivity index (χ4n) is 2.19. The lowest BCUT2D eigenvalue weighted by molar-refractivity contribution is -0.123. The number of carbonyl (C=O) groups is 1. The molecule has 1 heterocycles. The average molecular weight is 317 g/mol. The van der Waals surface area contributed by atoms with Crippen LogP contribution >= 0.6 is 11.3 Å². The number of aryl methyl sites for hydroxylation is 1. The van der Waals surface area contributed by atoms with Gasteiger partial charge in [-0.3, -0.25) is 4.79 Å². The number of aromatic nitrogens is 1. The maximum atomic E-state index is 12.1. The molecule has 0 aliphatic heterocycles. The summed E-state index contributed by atoms with van der Waals surface area (Å²) in [6.45, 7) is 7.84. The lowest BCUT2D eigenvalue weighted by atomic mass is 10.0. The van der Waals surface area contributed by atoms with Crippen LogP contribution in [0.5, 0.6) is 0 Å². The number of hydrogen-bond donors (Lipinski definition) is 2. The van der Waals surface area contributed by atoms with Gasteiger partial charge in [0.1, 0.15) is 5.01 Å². The Bertz CT molecular complexity index is 637. The number of rotatable bonds is 5. The number of carbonyl (C=O) groups excluding carboxylic acids is 1. The number of benzene rings is 1. The van der Waals surface area contributed by atoms with Gasteiger partial charge in [0.25, 0.3) is 0 Å². The van der Waals surface area contributed by atoms with Crippen LogP contribution in [-0.2, 0) is 4.79 Å². The Balaban J connectivity index is 2.16. The summed E-state index contributed by atoms with van der Waals surface area (Å²) in [4.78, 5) is 17.8. The molecule has 4 nitrogen and oxygen atoms in total. The van der Waals surface area contributed by atoms with Gasteiger partial charge in [-0.1, -0.05) is 44.2 Å². The van der Waals surface area contributed by atoms with Crippen molar-refractivity contribution in [3.63, 3.8) is 0 Å². The number of nitrogens with two attached hydrogens (primary N) is 1. The number of nitrogens with zero attached hydrogens (tertiary/aromatic N) is 1. The predicted octanol–water partition coefficient (Wildman–Crippen LogP) is 3.28. The summed E-state index contributed by atoms with van der Waals surface area (Å²) in [5, 5.41) is 3.96. The van der Waals surface area contributed by atoms with Crippen molar-refractivity contribution in [1.29, 1.82) is 0 Å². The van der Waals surface area contributed by atoms with Crippen molar-refractivity contribution in [3.05, 3.63) is 40.9 Å². The van der Waals surface area contributed by atoms with Crippen LogP contribution in [0.4, 0.5) is 0 Å². The lowest BCUT2D eigenvalue weighted by Gasteiger charge is -2.19. The maximum absolute atomic E-state index is 12.1. The molecule has 0 aliphatic rings. The molecule has 3 N–H and O–H groups in total. The fraction of sp³-hybridized carbons (Fsp3) is 0.412. The Morgan fingerprint density at radius 1 is 1.23 bits per heavy atom. The summed E-state index contributed by atoms with van der Waals surface area (Å²) in [7, 11) is 0. The molecule has 2 atom stereocenters. The highest BCUT2D eigenvalue weighted by atomic mass is 32.1. The van der Waals surface area contributed by atoms with Crippen LogP contribution in [0.3, 0.4) is 0 Å². The van der Waals surface area contributed by atoms with Crippen LogP contribution in [0.2, 0.25) is 0 Å². The van der Waals surface area contributed by atoms with Gasteiger partial charge in [-0.2, -0.15) is 0 Å². The van der Waals surface area contributed by atoms with E-state index in [4.69, 9.17) is 5.73 Å². The average Bonchev–Trinajstić information content (AvgIpc) is 2.89. The molecule has 0 saturated heterocycles. The van der Waals surface area contributed by atoms with Crippen LogP contribution in [0.15, 0.2) is 30.3 Å². The molecule has 0 aliphatic carbocycles. The van der Waals surface area contributed by atoms with Gasteiger partial charge in [0.2, 0.25) is 5.91 Å². The van der Waals surface area contributed by atoms with Gasteiger partial charge in [0.05, 0.1) is 22.7 Å². The molecular weight excluding hydrogens is 294 g/mol. The minimum absolute atomic E-state index is 0.0905. The highest BCUT2D eigenvalue weighted by Crippen LogP contribution is 2.31. The highest BCUT2D eigenvalue weighted by molar-refractivity contribution is 7.15. The molecule has 0 bridgehead atoms. The first-order chi connectivity index (χ1) is 10.4. The molecule has 1 amide bonds. The smallest absolute Gasteiger partial charge is 0.237 e. The molecule has 0 saturated carbocycles. The SMILES string of the molecule is Cc1nc(-c2ccccc2)sc1C(C)NC(=O)[C@@H](N)C(C)C. The van der Waals surface area contributed by atoms with E-state index in [0.29, 0.717) is 0 Å². The molecular formula is C17H23N3OS. The van der Waals surface area contributed by atoms with E-state index in [9.17, 15) is 4.79 Å². The van der Waals surface area contributed by atoms with Crippen LogP contribution < -0.4 is 11.1 Å². The first-order valence-electron chi connectivity index (χ1n) is 7.49. The van der Waals surface area contributed by atoms with Crippen molar-refractivity contribution in [1.82, 2.24) is 10.3 Å². The molecule has 1 aromatic carbocycles. The summed E-state index contributed by atoms with van der Waals surface area (Å²) >= 11 is 1.62. The zero-order chi connectivity index (χ0) is 16.3. The monoisotopic (exact) mass is 317 g/mol. The largest absolute Gasteiger partial charge is 0.347 e. The first kappa shape index (κ1) is 16.6. The quantitative estimate of drug-likeness (QED) is 0.889. The minimum Gasteiger partial charge on any atom is -0.347 e. The molecule has 1 unspecified atom stereocenters. The third-order valence-corrected chi connectivity index (χ3v) is 5.02. The van der Waals surface area contributed by atoms with Crippen molar-refractivity contribution in [3.8, 4) is 10.6 Å². The second-order valence-electron chi connectivity index (χ2n) is 5.83. The van der Waals surface area contributed by atoms with E-state index in [-0.39, 0.29) is 17.9 Å². The Labute approximate surface area is 135 Å². The van der Waals surface area contributed by atoms with Gasteiger partial charge in [-0.05, 0) is 19.8 Å². The minimum atomic E-state index is -0.482. The summed E-state index contributed by atoms with van der Waals surface area (Å²) in [5.41, 5.74) is 7.95. The summed E-state index contributed by atoms with van der Waals surface area (Å²) in [5.74, 6) is 0.00574. The zero-order valence-corrected chi connectivity index (χ0v) is 14.3. The van der Waals surface area contributed by atoms with Crippen molar-refractivity contribution in [2.75, 3.05) is 0 Å². The van der Waals surface area contributed by atoms with E-state index >= 15 is 0 Å². The molecule has 0 fully saturated rings. The van der Waals surface area contributed by atoms with E-state index in [1.54, 1.807) is 11.3 Å². The molecule has 118 valence electrons. The predicted molar refractivity (Wildman–Crippen MR) is 91.7 cm³/mol.